The van der Waals surface area contributed by atoms with Crippen molar-refractivity contribution in [3.8, 4) is 0 Å². The molecule has 1 unspecified atom stereocenters. The van der Waals surface area contributed by atoms with Crippen LogP contribution in [0.25, 0.3) is 11.0 Å². The number of carbonyl (C=O) groups excluding carboxylic acids is 1. The zero-order chi connectivity index (χ0) is 24.5. The number of piperidine rings is 1. The Morgan fingerprint density at radius 3 is 2.67 bits per heavy atom. The van der Waals surface area contributed by atoms with E-state index in [9.17, 15) is 9.90 Å². The number of aliphatic hydroxyl groups is 1. The molecule has 36 heavy (non-hydrogen) atoms. The molecule has 0 aliphatic carbocycles. The van der Waals surface area contributed by atoms with Gasteiger partial charge >= 0.3 is 0 Å². The number of rotatable bonds is 6. The average molecular weight is 485 g/mol. The van der Waals surface area contributed by atoms with Crippen LogP contribution in [0.2, 0.25) is 0 Å². The first-order chi connectivity index (χ1) is 17.7. The van der Waals surface area contributed by atoms with Crippen molar-refractivity contribution in [2.24, 2.45) is 5.10 Å². The van der Waals surface area contributed by atoms with Gasteiger partial charge in [0.15, 0.2) is 5.76 Å². The number of hydrogen-bond donors (Lipinski definition) is 2. The molecule has 0 spiro atoms. The fourth-order valence-electron chi connectivity index (χ4n) is 4.97. The molecule has 184 valence electrons. The number of fused-ring (bicyclic) bond motifs is 1. The monoisotopic (exact) mass is 484 g/mol. The lowest BCUT2D eigenvalue weighted by molar-refractivity contribution is -0.131. The molecule has 1 saturated heterocycles. The van der Waals surface area contributed by atoms with Crippen molar-refractivity contribution < 1.29 is 18.7 Å². The highest BCUT2D eigenvalue weighted by Crippen LogP contribution is 2.35. The predicted molar refractivity (Wildman–Crippen MR) is 138 cm³/mol. The third-order valence-electron chi connectivity index (χ3n) is 6.89. The van der Waals surface area contributed by atoms with Crippen molar-refractivity contribution in [2.75, 3.05) is 29.9 Å². The van der Waals surface area contributed by atoms with E-state index in [2.05, 4.69) is 10.2 Å². The Hall–Kier alpha value is -4.04. The second-order valence-corrected chi connectivity index (χ2v) is 9.26. The Labute approximate surface area is 208 Å². The number of hydrazone groups is 1. The molecule has 1 atom stereocenters. The second-order valence-electron chi connectivity index (χ2n) is 9.26. The number of amides is 1. The van der Waals surface area contributed by atoms with E-state index in [1.807, 2.05) is 66.7 Å². The lowest BCUT2D eigenvalue weighted by Crippen LogP contribution is -2.36. The zero-order valence-corrected chi connectivity index (χ0v) is 19.8. The van der Waals surface area contributed by atoms with E-state index in [0.29, 0.717) is 23.7 Å². The van der Waals surface area contributed by atoms with Gasteiger partial charge in [0.25, 0.3) is 5.91 Å². The maximum absolute atomic E-state index is 13.4. The molecule has 8 heteroatoms. The van der Waals surface area contributed by atoms with Crippen molar-refractivity contribution >= 4 is 34.0 Å². The molecule has 0 saturated carbocycles. The molecular formula is C28H28N4O4. The van der Waals surface area contributed by atoms with Gasteiger partial charge in [0.1, 0.15) is 23.1 Å². The fourth-order valence-corrected chi connectivity index (χ4v) is 4.97. The summed E-state index contributed by atoms with van der Waals surface area (Å²) in [6.45, 7) is 1.65. The summed E-state index contributed by atoms with van der Waals surface area (Å²) in [5.41, 5.74) is 3.43. The van der Waals surface area contributed by atoms with E-state index < -0.39 is 0 Å². The van der Waals surface area contributed by atoms with Gasteiger partial charge in [-0.15, -0.1) is 0 Å². The molecule has 2 aromatic heterocycles. The van der Waals surface area contributed by atoms with Gasteiger partial charge < -0.3 is 24.2 Å². The quantitative estimate of drug-likeness (QED) is 0.409. The molecule has 1 fully saturated rings. The van der Waals surface area contributed by atoms with Gasteiger partial charge in [-0.1, -0.05) is 30.3 Å². The number of aliphatic hydroxyl groups excluding tert-OH is 1. The highest BCUT2D eigenvalue weighted by Gasteiger charge is 2.36. The molecule has 2 aliphatic heterocycles. The lowest BCUT2D eigenvalue weighted by Gasteiger charge is -2.33. The van der Waals surface area contributed by atoms with Crippen molar-refractivity contribution in [1.82, 2.24) is 5.01 Å². The van der Waals surface area contributed by atoms with Crippen molar-refractivity contribution in [1.29, 1.82) is 0 Å². The maximum atomic E-state index is 13.4. The third kappa shape index (κ3) is 4.35. The maximum Gasteiger partial charge on any atom is 0.262 e. The molecule has 8 nitrogen and oxygen atoms in total. The topological polar surface area (TPSA) is 94.5 Å². The summed E-state index contributed by atoms with van der Waals surface area (Å²) in [4.78, 5) is 15.7. The van der Waals surface area contributed by atoms with E-state index in [1.165, 1.54) is 5.01 Å². The summed E-state index contributed by atoms with van der Waals surface area (Å²) >= 11 is 0. The van der Waals surface area contributed by atoms with Gasteiger partial charge in [0.2, 0.25) is 0 Å². The first-order valence-corrected chi connectivity index (χ1v) is 12.3. The van der Waals surface area contributed by atoms with Gasteiger partial charge in [-0.2, -0.15) is 5.10 Å². The predicted octanol–water partition coefficient (Wildman–Crippen LogP) is 4.78. The summed E-state index contributed by atoms with van der Waals surface area (Å²) < 4.78 is 11.7. The van der Waals surface area contributed by atoms with Gasteiger partial charge in [0, 0.05) is 24.9 Å². The third-order valence-corrected chi connectivity index (χ3v) is 6.89. The van der Waals surface area contributed by atoms with E-state index >= 15 is 0 Å². The van der Waals surface area contributed by atoms with E-state index in [1.54, 1.807) is 6.26 Å². The minimum Gasteiger partial charge on any atom is -0.467 e. The summed E-state index contributed by atoms with van der Waals surface area (Å²) in [6, 6.07) is 21.1. The number of carbonyl (C=O) groups is 1. The summed E-state index contributed by atoms with van der Waals surface area (Å²) in [7, 11) is 0. The van der Waals surface area contributed by atoms with Gasteiger partial charge in [-0.3, -0.25) is 4.79 Å². The van der Waals surface area contributed by atoms with Crippen LogP contribution in [-0.2, 0) is 4.79 Å². The SMILES string of the molecule is O=C(CNc1ccccc1N1CCC(O)CC1)N1N=C(c2cc3ccccc3o2)CC1c1ccco1. The summed E-state index contributed by atoms with van der Waals surface area (Å²) in [6.07, 6.45) is 3.36. The van der Waals surface area contributed by atoms with Crippen molar-refractivity contribution in [3.63, 3.8) is 0 Å². The average Bonchev–Trinajstić information content (AvgIpc) is 3.67. The summed E-state index contributed by atoms with van der Waals surface area (Å²) in [5, 5.41) is 20.4. The minimum absolute atomic E-state index is 0.0849. The Morgan fingerprint density at radius 1 is 1.06 bits per heavy atom. The Bertz CT molecular complexity index is 1350. The zero-order valence-electron chi connectivity index (χ0n) is 19.8. The highest BCUT2D eigenvalue weighted by atomic mass is 16.3. The van der Waals surface area contributed by atoms with Crippen LogP contribution in [0.1, 0.15) is 36.8 Å². The molecule has 2 aliphatic rings. The number of hydrogen-bond acceptors (Lipinski definition) is 7. The van der Waals surface area contributed by atoms with Crippen LogP contribution in [0.15, 0.2) is 86.9 Å². The minimum atomic E-state index is -0.337. The molecule has 2 aromatic carbocycles. The van der Waals surface area contributed by atoms with Gasteiger partial charge in [0.05, 0.1) is 30.3 Å². The summed E-state index contributed by atoms with van der Waals surface area (Å²) in [5.74, 6) is 1.19. The van der Waals surface area contributed by atoms with Gasteiger partial charge in [-0.25, -0.2) is 5.01 Å². The van der Waals surface area contributed by atoms with E-state index in [4.69, 9.17) is 13.9 Å². The number of nitrogens with one attached hydrogen (secondary N) is 1. The van der Waals surface area contributed by atoms with Crippen LogP contribution in [-0.4, -0.2) is 47.5 Å². The smallest absolute Gasteiger partial charge is 0.262 e. The van der Waals surface area contributed by atoms with Gasteiger partial charge in [-0.05, 0) is 49.2 Å². The molecular weight excluding hydrogens is 456 g/mol. The lowest BCUT2D eigenvalue weighted by atomic mass is 10.1. The van der Waals surface area contributed by atoms with E-state index in [0.717, 1.165) is 48.3 Å². The molecule has 0 radical (unpaired) electrons. The number of nitrogens with zero attached hydrogens (tertiary/aromatic N) is 3. The number of benzene rings is 2. The Morgan fingerprint density at radius 2 is 1.86 bits per heavy atom. The molecule has 6 rings (SSSR count). The second kappa shape index (κ2) is 9.54. The number of anilines is 2. The Kier molecular flexibility index (Phi) is 5.95. The van der Waals surface area contributed by atoms with Crippen LogP contribution in [0.3, 0.4) is 0 Å². The van der Waals surface area contributed by atoms with Crippen LogP contribution >= 0.6 is 0 Å². The van der Waals surface area contributed by atoms with Crippen LogP contribution < -0.4 is 10.2 Å². The largest absolute Gasteiger partial charge is 0.467 e. The van der Waals surface area contributed by atoms with Crippen LogP contribution in [0.5, 0.6) is 0 Å². The first kappa shape index (κ1) is 22.4. The Balaban J connectivity index is 1.22. The molecule has 0 bridgehead atoms. The number of para-hydroxylation sites is 3. The molecule has 4 aromatic rings. The van der Waals surface area contributed by atoms with Crippen molar-refractivity contribution in [3.05, 3.63) is 84.5 Å². The standard InChI is InChI=1S/C28H28N4O4/c33-20-11-13-31(14-12-20)23-8-3-2-7-21(23)29-18-28(34)32-24(26-10-5-15-35-26)17-22(30-32)27-16-19-6-1-4-9-25(19)36-27/h1-10,15-16,20,24,29,33H,11-14,17-18H2. The highest BCUT2D eigenvalue weighted by molar-refractivity contribution is 6.03. The fraction of sp³-hybridized carbons (Fsp3) is 0.286. The molecule has 1 amide bonds. The molecule has 2 N–H and O–H groups in total. The normalized spacial score (nSPS) is 18.6. The molecule has 4 heterocycles. The van der Waals surface area contributed by atoms with Crippen molar-refractivity contribution in [2.45, 2.75) is 31.4 Å². The van der Waals surface area contributed by atoms with Crippen LogP contribution in [0.4, 0.5) is 11.4 Å². The van der Waals surface area contributed by atoms with E-state index in [-0.39, 0.29) is 24.6 Å². The number of furan rings is 2. The van der Waals surface area contributed by atoms with Crippen LogP contribution in [0, 0.1) is 0 Å². The first-order valence-electron chi connectivity index (χ1n) is 12.3.